The van der Waals surface area contributed by atoms with Gasteiger partial charge in [0.25, 0.3) is 0 Å². The molecule has 3 rings (SSSR count). The second-order valence-electron chi connectivity index (χ2n) is 6.58. The lowest BCUT2D eigenvalue weighted by Gasteiger charge is -2.40. The van der Waals surface area contributed by atoms with Gasteiger partial charge < -0.3 is 5.32 Å². The van der Waals surface area contributed by atoms with E-state index in [1.165, 1.54) is 57.8 Å². The minimum atomic E-state index is 0.631. The van der Waals surface area contributed by atoms with Gasteiger partial charge in [0.1, 0.15) is 0 Å². The van der Waals surface area contributed by atoms with E-state index < -0.39 is 0 Å². The maximum Gasteiger partial charge on any atom is 0.0637 e. The third-order valence-corrected chi connectivity index (χ3v) is 5.62. The van der Waals surface area contributed by atoms with Crippen molar-refractivity contribution in [2.75, 3.05) is 5.32 Å². The third-order valence-electron chi connectivity index (χ3n) is 5.29. The molecule has 2 unspecified atom stereocenters. The molecule has 0 amide bonds. The predicted molar refractivity (Wildman–Crippen MR) is 87.4 cm³/mol. The number of nitrogens with one attached hydrogen (secondary N) is 1. The first-order valence-corrected chi connectivity index (χ1v) is 8.73. The topological polar surface area (TPSA) is 12.0 Å². The van der Waals surface area contributed by atoms with Crippen LogP contribution in [-0.2, 0) is 0 Å². The van der Waals surface area contributed by atoms with Crippen LogP contribution in [0.25, 0.3) is 0 Å². The standard InChI is InChI=1S/C18H26ClN/c19-16-11-5-7-13-18(16)20-17-12-6-4-10-15(17)14-8-2-1-3-9-14/h5,7,11,13-15,17,20H,1-4,6,8-10,12H2. The Kier molecular flexibility index (Phi) is 4.88. The number of hydrogen-bond acceptors (Lipinski definition) is 1. The highest BCUT2D eigenvalue weighted by Crippen LogP contribution is 2.40. The lowest BCUT2D eigenvalue weighted by atomic mass is 9.71. The molecule has 2 fully saturated rings. The first-order chi connectivity index (χ1) is 9.84. The summed E-state index contributed by atoms with van der Waals surface area (Å²) in [4.78, 5) is 0. The summed E-state index contributed by atoms with van der Waals surface area (Å²) in [5, 5.41) is 4.63. The molecule has 0 spiro atoms. The molecule has 1 aromatic rings. The highest BCUT2D eigenvalue weighted by molar-refractivity contribution is 6.33. The van der Waals surface area contributed by atoms with E-state index in [0.29, 0.717) is 6.04 Å². The van der Waals surface area contributed by atoms with Gasteiger partial charge >= 0.3 is 0 Å². The van der Waals surface area contributed by atoms with Crippen molar-refractivity contribution in [2.24, 2.45) is 11.8 Å². The van der Waals surface area contributed by atoms with Crippen LogP contribution >= 0.6 is 11.6 Å². The number of halogens is 1. The average molecular weight is 292 g/mol. The summed E-state index contributed by atoms with van der Waals surface area (Å²) in [5.41, 5.74) is 1.13. The highest BCUT2D eigenvalue weighted by atomic mass is 35.5. The molecule has 110 valence electrons. The quantitative estimate of drug-likeness (QED) is 0.732. The van der Waals surface area contributed by atoms with E-state index in [0.717, 1.165) is 22.5 Å². The number of hydrogen-bond donors (Lipinski definition) is 1. The van der Waals surface area contributed by atoms with Gasteiger partial charge in [0.15, 0.2) is 0 Å². The smallest absolute Gasteiger partial charge is 0.0637 e. The fourth-order valence-electron chi connectivity index (χ4n) is 4.24. The first-order valence-electron chi connectivity index (χ1n) is 8.35. The van der Waals surface area contributed by atoms with E-state index >= 15 is 0 Å². The Morgan fingerprint density at radius 2 is 1.55 bits per heavy atom. The third kappa shape index (κ3) is 3.31. The van der Waals surface area contributed by atoms with Gasteiger partial charge in [-0.15, -0.1) is 0 Å². The lowest BCUT2D eigenvalue weighted by molar-refractivity contribution is 0.180. The van der Waals surface area contributed by atoms with E-state index in [9.17, 15) is 0 Å². The average Bonchev–Trinajstić information content (AvgIpc) is 2.51. The number of anilines is 1. The molecule has 2 aliphatic carbocycles. The van der Waals surface area contributed by atoms with Crippen LogP contribution in [0.2, 0.25) is 5.02 Å². The molecule has 0 radical (unpaired) electrons. The van der Waals surface area contributed by atoms with Crippen LogP contribution in [0.15, 0.2) is 24.3 Å². The molecule has 0 heterocycles. The maximum atomic E-state index is 6.31. The normalized spacial score (nSPS) is 28.2. The summed E-state index contributed by atoms with van der Waals surface area (Å²) in [6, 6.07) is 8.82. The minimum Gasteiger partial charge on any atom is -0.381 e. The summed E-state index contributed by atoms with van der Waals surface area (Å²) in [7, 11) is 0. The van der Waals surface area contributed by atoms with Gasteiger partial charge in [-0.1, -0.05) is 68.7 Å². The molecular formula is C18H26ClN. The van der Waals surface area contributed by atoms with Crippen molar-refractivity contribution in [3.63, 3.8) is 0 Å². The number of benzene rings is 1. The zero-order chi connectivity index (χ0) is 13.8. The molecule has 1 aromatic carbocycles. The van der Waals surface area contributed by atoms with Crippen molar-refractivity contribution < 1.29 is 0 Å². The Morgan fingerprint density at radius 3 is 2.35 bits per heavy atom. The molecule has 2 saturated carbocycles. The highest BCUT2D eigenvalue weighted by Gasteiger charge is 2.32. The Labute approximate surface area is 128 Å². The van der Waals surface area contributed by atoms with Crippen molar-refractivity contribution in [2.45, 2.75) is 63.8 Å². The van der Waals surface area contributed by atoms with E-state index in [1.807, 2.05) is 12.1 Å². The summed E-state index contributed by atoms with van der Waals surface area (Å²) in [6.45, 7) is 0. The van der Waals surface area contributed by atoms with Crippen molar-refractivity contribution in [1.29, 1.82) is 0 Å². The second kappa shape index (κ2) is 6.85. The van der Waals surface area contributed by atoms with Crippen LogP contribution in [0.1, 0.15) is 57.8 Å². The summed E-state index contributed by atoms with van der Waals surface area (Å²) in [5.74, 6) is 1.81. The van der Waals surface area contributed by atoms with Gasteiger partial charge in [0.2, 0.25) is 0 Å². The summed E-state index contributed by atoms with van der Waals surface area (Å²) >= 11 is 6.31. The molecule has 2 heteroatoms. The van der Waals surface area contributed by atoms with Crippen LogP contribution in [0, 0.1) is 11.8 Å². The number of rotatable bonds is 3. The van der Waals surface area contributed by atoms with E-state index in [4.69, 9.17) is 11.6 Å². The van der Waals surface area contributed by atoms with Gasteiger partial charge in [0.05, 0.1) is 10.7 Å². The summed E-state index contributed by atoms with van der Waals surface area (Å²) < 4.78 is 0. The molecule has 20 heavy (non-hydrogen) atoms. The Morgan fingerprint density at radius 1 is 0.850 bits per heavy atom. The monoisotopic (exact) mass is 291 g/mol. The van der Waals surface area contributed by atoms with Crippen molar-refractivity contribution in [3.05, 3.63) is 29.3 Å². The SMILES string of the molecule is Clc1ccccc1NC1CCCCC1C1CCCCC1. The zero-order valence-electron chi connectivity index (χ0n) is 12.3. The molecule has 0 aliphatic heterocycles. The largest absolute Gasteiger partial charge is 0.381 e. The van der Waals surface area contributed by atoms with Gasteiger partial charge in [-0.25, -0.2) is 0 Å². The van der Waals surface area contributed by atoms with E-state index in [-0.39, 0.29) is 0 Å². The van der Waals surface area contributed by atoms with Gasteiger partial charge in [-0.05, 0) is 36.8 Å². The fourth-order valence-corrected chi connectivity index (χ4v) is 4.43. The van der Waals surface area contributed by atoms with E-state index in [1.54, 1.807) is 0 Å². The van der Waals surface area contributed by atoms with Crippen molar-refractivity contribution in [3.8, 4) is 0 Å². The molecular weight excluding hydrogens is 266 g/mol. The van der Waals surface area contributed by atoms with Crippen LogP contribution in [0.4, 0.5) is 5.69 Å². The molecule has 0 aromatic heterocycles. The molecule has 1 N–H and O–H groups in total. The van der Waals surface area contributed by atoms with E-state index in [2.05, 4.69) is 17.4 Å². The van der Waals surface area contributed by atoms with Crippen LogP contribution < -0.4 is 5.32 Å². The van der Waals surface area contributed by atoms with Crippen LogP contribution in [-0.4, -0.2) is 6.04 Å². The number of para-hydroxylation sites is 1. The Balaban J connectivity index is 1.70. The Hall–Kier alpha value is -0.690. The van der Waals surface area contributed by atoms with Crippen molar-refractivity contribution >= 4 is 17.3 Å². The zero-order valence-corrected chi connectivity index (χ0v) is 13.0. The maximum absolute atomic E-state index is 6.31. The molecule has 2 aliphatic rings. The fraction of sp³-hybridized carbons (Fsp3) is 0.667. The predicted octanol–water partition coefficient (Wildman–Crippen LogP) is 5.89. The molecule has 0 bridgehead atoms. The lowest BCUT2D eigenvalue weighted by Crippen LogP contribution is -2.37. The summed E-state index contributed by atoms with van der Waals surface area (Å²) in [6.07, 6.45) is 12.7. The van der Waals surface area contributed by atoms with Gasteiger partial charge in [-0.2, -0.15) is 0 Å². The van der Waals surface area contributed by atoms with Crippen LogP contribution in [0.5, 0.6) is 0 Å². The van der Waals surface area contributed by atoms with Gasteiger partial charge in [0, 0.05) is 6.04 Å². The molecule has 2 atom stereocenters. The van der Waals surface area contributed by atoms with Crippen molar-refractivity contribution in [1.82, 2.24) is 0 Å². The molecule has 0 saturated heterocycles. The van der Waals surface area contributed by atoms with Crippen LogP contribution in [0.3, 0.4) is 0 Å². The Bertz CT molecular complexity index is 425. The van der Waals surface area contributed by atoms with Gasteiger partial charge in [-0.3, -0.25) is 0 Å². The minimum absolute atomic E-state index is 0.631. The first kappa shape index (κ1) is 14.3. The molecule has 1 nitrogen and oxygen atoms in total. The second-order valence-corrected chi connectivity index (χ2v) is 6.98.